The summed E-state index contributed by atoms with van der Waals surface area (Å²) in [6.07, 6.45) is 2.09. The predicted octanol–water partition coefficient (Wildman–Crippen LogP) is 3.10. The van der Waals surface area contributed by atoms with Crippen molar-refractivity contribution in [2.24, 2.45) is 0 Å². The van der Waals surface area contributed by atoms with E-state index in [-0.39, 0.29) is 6.54 Å². The van der Waals surface area contributed by atoms with E-state index in [2.05, 4.69) is 32.2 Å². The van der Waals surface area contributed by atoms with Crippen LogP contribution in [0.3, 0.4) is 0 Å². The van der Waals surface area contributed by atoms with Gasteiger partial charge in [-0.3, -0.25) is 14.8 Å². The third-order valence-corrected chi connectivity index (χ3v) is 4.57. The minimum atomic E-state index is -0.763. The summed E-state index contributed by atoms with van der Waals surface area (Å²) in [5, 5.41) is 16.5. The number of H-pyrrole nitrogens is 1. The average Bonchev–Trinajstić information content (AvgIpc) is 2.97. The highest BCUT2D eigenvalue weighted by Crippen LogP contribution is 2.28. The topological polar surface area (TPSA) is 69.2 Å². The molecule has 0 amide bonds. The third-order valence-electron chi connectivity index (χ3n) is 4.04. The van der Waals surface area contributed by atoms with Gasteiger partial charge in [0, 0.05) is 28.2 Å². The van der Waals surface area contributed by atoms with Crippen LogP contribution in [0.5, 0.6) is 0 Å². The van der Waals surface area contributed by atoms with E-state index in [1.165, 1.54) is 0 Å². The van der Waals surface area contributed by atoms with Gasteiger partial charge in [0.1, 0.15) is 0 Å². The van der Waals surface area contributed by atoms with Crippen molar-refractivity contribution in [3.8, 4) is 11.3 Å². The number of nitrogens with one attached hydrogen (secondary N) is 1. The molecule has 1 aromatic carbocycles. The molecule has 0 radical (unpaired) electrons. The van der Waals surface area contributed by atoms with Crippen LogP contribution in [0.15, 0.2) is 34.8 Å². The zero-order chi connectivity index (χ0) is 15.5. The first-order valence-electron chi connectivity index (χ1n) is 7.37. The summed E-state index contributed by atoms with van der Waals surface area (Å²) >= 11 is 3.43. The molecule has 0 aliphatic carbocycles. The normalized spacial score (nSPS) is 19.2. The van der Waals surface area contributed by atoms with Gasteiger partial charge in [-0.1, -0.05) is 28.1 Å². The van der Waals surface area contributed by atoms with Crippen molar-refractivity contribution < 1.29 is 9.90 Å². The van der Waals surface area contributed by atoms with Crippen molar-refractivity contribution in [1.82, 2.24) is 15.1 Å². The molecule has 2 aromatic rings. The summed E-state index contributed by atoms with van der Waals surface area (Å²) in [6, 6.07) is 10.1. The van der Waals surface area contributed by atoms with E-state index in [9.17, 15) is 4.79 Å². The molecule has 3 rings (SSSR count). The fraction of sp³-hybridized carbons (Fsp3) is 0.375. The number of likely N-dealkylation sites (tertiary alicyclic amines) is 1. The Morgan fingerprint density at radius 1 is 1.41 bits per heavy atom. The molecule has 22 heavy (non-hydrogen) atoms. The van der Waals surface area contributed by atoms with Crippen LogP contribution in [0.2, 0.25) is 0 Å². The van der Waals surface area contributed by atoms with Crippen LogP contribution >= 0.6 is 15.9 Å². The van der Waals surface area contributed by atoms with Gasteiger partial charge in [-0.15, -0.1) is 0 Å². The summed E-state index contributed by atoms with van der Waals surface area (Å²) < 4.78 is 1.05. The monoisotopic (exact) mass is 363 g/mol. The average molecular weight is 364 g/mol. The molecule has 1 aliphatic heterocycles. The first-order chi connectivity index (χ1) is 10.6. The molecule has 1 aromatic heterocycles. The molecule has 0 saturated carbocycles. The lowest BCUT2D eigenvalue weighted by molar-refractivity contribution is -0.138. The highest BCUT2D eigenvalue weighted by atomic mass is 79.9. The van der Waals surface area contributed by atoms with Crippen LogP contribution in [-0.4, -0.2) is 45.8 Å². The number of hydrogen-bond acceptors (Lipinski definition) is 3. The van der Waals surface area contributed by atoms with Gasteiger partial charge in [0.2, 0.25) is 0 Å². The fourth-order valence-corrected chi connectivity index (χ4v) is 3.22. The SMILES string of the molecule is O=C(O)CN1CCCC(c2cc(-c3ccc(Br)cc3)n[nH]2)C1. The Hall–Kier alpha value is -1.66. The van der Waals surface area contributed by atoms with Gasteiger partial charge >= 0.3 is 5.97 Å². The Morgan fingerprint density at radius 3 is 2.91 bits per heavy atom. The zero-order valence-corrected chi connectivity index (χ0v) is 13.7. The van der Waals surface area contributed by atoms with Crippen molar-refractivity contribution in [3.63, 3.8) is 0 Å². The van der Waals surface area contributed by atoms with Gasteiger partial charge in [0.25, 0.3) is 0 Å². The van der Waals surface area contributed by atoms with E-state index in [0.717, 1.165) is 47.4 Å². The number of piperidine rings is 1. The van der Waals surface area contributed by atoms with E-state index in [4.69, 9.17) is 5.11 Å². The minimum absolute atomic E-state index is 0.115. The Morgan fingerprint density at radius 2 is 2.18 bits per heavy atom. The Labute approximate surface area is 137 Å². The number of nitrogens with zero attached hydrogens (tertiary/aromatic N) is 2. The van der Waals surface area contributed by atoms with E-state index in [0.29, 0.717) is 5.92 Å². The molecule has 6 heteroatoms. The van der Waals surface area contributed by atoms with Crippen LogP contribution < -0.4 is 0 Å². The quantitative estimate of drug-likeness (QED) is 0.875. The summed E-state index contributed by atoms with van der Waals surface area (Å²) in [5.74, 6) is -0.439. The lowest BCUT2D eigenvalue weighted by Gasteiger charge is -2.30. The van der Waals surface area contributed by atoms with Gasteiger partial charge in [-0.25, -0.2) is 0 Å². The summed E-state index contributed by atoms with van der Waals surface area (Å²) in [4.78, 5) is 12.9. The molecule has 1 atom stereocenters. The van der Waals surface area contributed by atoms with Gasteiger partial charge in [0.05, 0.1) is 12.2 Å². The Balaban J connectivity index is 1.73. The Kier molecular flexibility index (Phi) is 4.59. The Bertz CT molecular complexity index is 654. The minimum Gasteiger partial charge on any atom is -0.480 e. The van der Waals surface area contributed by atoms with Crippen LogP contribution in [0, 0.1) is 0 Å². The molecule has 5 nitrogen and oxygen atoms in total. The lowest BCUT2D eigenvalue weighted by Crippen LogP contribution is -2.38. The molecule has 1 fully saturated rings. The lowest BCUT2D eigenvalue weighted by atomic mass is 9.94. The fourth-order valence-electron chi connectivity index (χ4n) is 2.96. The van der Waals surface area contributed by atoms with Gasteiger partial charge < -0.3 is 5.11 Å². The van der Waals surface area contributed by atoms with E-state index >= 15 is 0 Å². The number of rotatable bonds is 4. The van der Waals surface area contributed by atoms with Crippen molar-refractivity contribution >= 4 is 21.9 Å². The molecule has 0 spiro atoms. The highest BCUT2D eigenvalue weighted by Gasteiger charge is 2.24. The summed E-state index contributed by atoms with van der Waals surface area (Å²) in [5.41, 5.74) is 3.09. The molecule has 0 bridgehead atoms. The van der Waals surface area contributed by atoms with Gasteiger partial charge in [-0.2, -0.15) is 5.10 Å². The maximum atomic E-state index is 10.9. The first-order valence-corrected chi connectivity index (χ1v) is 8.16. The third kappa shape index (κ3) is 3.56. The van der Waals surface area contributed by atoms with Crippen molar-refractivity contribution in [3.05, 3.63) is 40.5 Å². The van der Waals surface area contributed by atoms with Gasteiger partial charge in [0.15, 0.2) is 0 Å². The number of carboxylic acid groups (broad SMARTS) is 1. The van der Waals surface area contributed by atoms with Crippen molar-refractivity contribution in [2.75, 3.05) is 19.6 Å². The second-order valence-electron chi connectivity index (χ2n) is 5.68. The second kappa shape index (κ2) is 6.62. The van der Waals surface area contributed by atoms with Gasteiger partial charge in [-0.05, 0) is 37.6 Å². The largest absolute Gasteiger partial charge is 0.480 e. The molecule has 2 N–H and O–H groups in total. The standard InChI is InChI=1S/C16H18BrN3O2/c17-13-5-3-11(4-6-13)14-8-15(19-18-14)12-2-1-7-20(9-12)10-16(21)22/h3-6,8,12H,1-2,7,9-10H2,(H,18,19)(H,21,22). The van der Waals surface area contributed by atoms with E-state index in [1.54, 1.807) is 0 Å². The number of hydrogen-bond donors (Lipinski definition) is 2. The molecule has 2 heterocycles. The maximum Gasteiger partial charge on any atom is 0.317 e. The van der Waals surface area contributed by atoms with E-state index < -0.39 is 5.97 Å². The number of halogens is 1. The van der Waals surface area contributed by atoms with Crippen molar-refractivity contribution in [1.29, 1.82) is 0 Å². The number of aliphatic carboxylic acids is 1. The molecule has 1 saturated heterocycles. The molecule has 116 valence electrons. The van der Waals surface area contributed by atoms with Crippen LogP contribution in [0.25, 0.3) is 11.3 Å². The number of carboxylic acids is 1. The number of aromatic nitrogens is 2. The van der Waals surface area contributed by atoms with Crippen LogP contribution in [0.4, 0.5) is 0 Å². The smallest absolute Gasteiger partial charge is 0.317 e. The van der Waals surface area contributed by atoms with Crippen LogP contribution in [-0.2, 0) is 4.79 Å². The summed E-state index contributed by atoms with van der Waals surface area (Å²) in [6.45, 7) is 1.75. The number of benzene rings is 1. The highest BCUT2D eigenvalue weighted by molar-refractivity contribution is 9.10. The summed E-state index contributed by atoms with van der Waals surface area (Å²) in [7, 11) is 0. The molecular formula is C16H18BrN3O2. The molecule has 1 aliphatic rings. The molecule has 1 unspecified atom stereocenters. The second-order valence-corrected chi connectivity index (χ2v) is 6.60. The van der Waals surface area contributed by atoms with E-state index in [1.807, 2.05) is 29.2 Å². The first kappa shape index (κ1) is 15.2. The number of aromatic amines is 1. The zero-order valence-electron chi connectivity index (χ0n) is 12.1. The van der Waals surface area contributed by atoms with Crippen molar-refractivity contribution in [2.45, 2.75) is 18.8 Å². The maximum absolute atomic E-state index is 10.9. The predicted molar refractivity (Wildman–Crippen MR) is 87.8 cm³/mol. The van der Waals surface area contributed by atoms with Crippen LogP contribution in [0.1, 0.15) is 24.5 Å². The molecular weight excluding hydrogens is 346 g/mol. The number of carbonyl (C=O) groups is 1.